The Morgan fingerprint density at radius 1 is 1.32 bits per heavy atom. The molecule has 0 saturated carbocycles. The van der Waals surface area contributed by atoms with Gasteiger partial charge in [0.15, 0.2) is 6.61 Å². The van der Waals surface area contributed by atoms with Gasteiger partial charge in [-0.05, 0) is 25.5 Å². The number of nitrogens with zero attached hydrogens (tertiary/aromatic N) is 2. The highest BCUT2D eigenvalue weighted by Crippen LogP contribution is 2.20. The summed E-state index contributed by atoms with van der Waals surface area (Å²) in [6.45, 7) is 3.10. The number of ether oxygens (including phenoxy) is 1. The molecular formula is C17H20F3N5O3. The topological polar surface area (TPSA) is 105 Å². The van der Waals surface area contributed by atoms with E-state index >= 15 is 0 Å². The van der Waals surface area contributed by atoms with Gasteiger partial charge in [0.2, 0.25) is 17.5 Å². The minimum absolute atomic E-state index is 0.0336. The molecule has 1 aliphatic rings. The second kappa shape index (κ2) is 8.28. The van der Waals surface area contributed by atoms with Crippen molar-refractivity contribution in [1.82, 2.24) is 20.9 Å². The van der Waals surface area contributed by atoms with E-state index in [1.54, 1.807) is 19.9 Å². The number of hydrogen-bond acceptors (Lipinski definition) is 6. The molecule has 1 aromatic heterocycles. The van der Waals surface area contributed by atoms with Crippen molar-refractivity contribution < 1.29 is 27.5 Å². The van der Waals surface area contributed by atoms with Gasteiger partial charge in [-0.3, -0.25) is 14.6 Å². The standard InChI is InChI=1S/C17H20F3N5O3/c1-10-4-13(6-22-14(10)28-9-17(18,19)20)7-23-15(27)16(25-12(3)26)8-21-5-11(2)24-16/h4-6,8,24H,7,9H2,1-3H3,(H,23,27)(H,25,26). The van der Waals surface area contributed by atoms with E-state index in [2.05, 4.69) is 30.7 Å². The fourth-order valence-corrected chi connectivity index (χ4v) is 2.49. The molecule has 0 bridgehead atoms. The number of halogens is 3. The number of aryl methyl sites for hydroxylation is 1. The summed E-state index contributed by atoms with van der Waals surface area (Å²) >= 11 is 0. The van der Waals surface area contributed by atoms with Crippen molar-refractivity contribution in [1.29, 1.82) is 0 Å². The van der Waals surface area contributed by atoms with Gasteiger partial charge in [-0.25, -0.2) is 4.98 Å². The third-order valence-corrected chi connectivity index (χ3v) is 3.57. The molecular weight excluding hydrogens is 379 g/mol. The molecule has 0 fully saturated rings. The number of rotatable bonds is 6. The summed E-state index contributed by atoms with van der Waals surface area (Å²) < 4.78 is 41.4. The van der Waals surface area contributed by atoms with Gasteiger partial charge >= 0.3 is 6.18 Å². The van der Waals surface area contributed by atoms with E-state index in [1.807, 2.05) is 0 Å². The second-order valence-corrected chi connectivity index (χ2v) is 6.26. The highest BCUT2D eigenvalue weighted by Gasteiger charge is 2.39. The molecule has 11 heteroatoms. The minimum Gasteiger partial charge on any atom is -0.468 e. The number of aliphatic imine (C=N–C) groups is 1. The number of nitrogens with one attached hydrogen (secondary N) is 3. The number of allylic oxidation sites excluding steroid dienone is 1. The molecule has 1 unspecified atom stereocenters. The summed E-state index contributed by atoms with van der Waals surface area (Å²) in [7, 11) is 0. The fourth-order valence-electron chi connectivity index (χ4n) is 2.49. The van der Waals surface area contributed by atoms with Crippen molar-refractivity contribution in [3.63, 3.8) is 0 Å². The summed E-state index contributed by atoms with van der Waals surface area (Å²) in [4.78, 5) is 32.0. The molecule has 152 valence electrons. The molecule has 1 atom stereocenters. The number of carbonyl (C=O) groups is 2. The van der Waals surface area contributed by atoms with Crippen molar-refractivity contribution in [3.05, 3.63) is 35.3 Å². The van der Waals surface area contributed by atoms with E-state index < -0.39 is 30.3 Å². The summed E-state index contributed by atoms with van der Waals surface area (Å²) in [6.07, 6.45) is -0.383. The summed E-state index contributed by atoms with van der Waals surface area (Å²) in [5.74, 6) is -1.13. The summed E-state index contributed by atoms with van der Waals surface area (Å²) in [6, 6.07) is 1.55. The monoisotopic (exact) mass is 399 g/mol. The van der Waals surface area contributed by atoms with Crippen LogP contribution in [0.25, 0.3) is 0 Å². The normalized spacial score (nSPS) is 18.7. The highest BCUT2D eigenvalue weighted by molar-refractivity contribution is 6.06. The van der Waals surface area contributed by atoms with Gasteiger partial charge in [0.25, 0.3) is 5.91 Å². The maximum Gasteiger partial charge on any atom is 0.422 e. The van der Waals surface area contributed by atoms with Gasteiger partial charge in [-0.1, -0.05) is 0 Å². The van der Waals surface area contributed by atoms with Crippen LogP contribution in [0.5, 0.6) is 5.88 Å². The van der Waals surface area contributed by atoms with E-state index in [0.29, 0.717) is 16.8 Å². The van der Waals surface area contributed by atoms with Crippen LogP contribution in [-0.2, 0) is 16.1 Å². The summed E-state index contributed by atoms with van der Waals surface area (Å²) in [5, 5.41) is 8.04. The molecule has 1 aromatic rings. The van der Waals surface area contributed by atoms with Gasteiger partial charge in [0.1, 0.15) is 0 Å². The van der Waals surface area contributed by atoms with Gasteiger partial charge in [-0.15, -0.1) is 0 Å². The molecule has 0 spiro atoms. The number of aromatic nitrogens is 1. The molecule has 0 saturated heterocycles. The molecule has 0 aliphatic carbocycles. The Hall–Kier alpha value is -3.11. The zero-order chi connectivity index (χ0) is 20.9. The van der Waals surface area contributed by atoms with Crippen molar-refractivity contribution >= 4 is 18.0 Å². The van der Waals surface area contributed by atoms with E-state index in [1.165, 1.54) is 25.5 Å². The van der Waals surface area contributed by atoms with E-state index in [9.17, 15) is 22.8 Å². The van der Waals surface area contributed by atoms with Crippen LogP contribution in [0, 0.1) is 6.92 Å². The van der Waals surface area contributed by atoms with Gasteiger partial charge in [0, 0.05) is 37.1 Å². The Morgan fingerprint density at radius 3 is 2.61 bits per heavy atom. The average molecular weight is 399 g/mol. The molecule has 2 heterocycles. The number of pyridine rings is 1. The van der Waals surface area contributed by atoms with Gasteiger partial charge in [0.05, 0.1) is 6.21 Å². The van der Waals surface area contributed by atoms with Crippen LogP contribution in [0.1, 0.15) is 25.0 Å². The first-order chi connectivity index (χ1) is 13.0. The van der Waals surface area contributed by atoms with Crippen LogP contribution in [0.2, 0.25) is 0 Å². The third-order valence-electron chi connectivity index (χ3n) is 3.57. The molecule has 2 rings (SSSR count). The SMILES string of the molecule is CC(=O)NC1(C(=O)NCc2cnc(OCC(F)(F)F)c(C)c2)C=NC=C(C)N1. The third kappa shape index (κ3) is 5.69. The van der Waals surface area contributed by atoms with Gasteiger partial charge in [-0.2, -0.15) is 13.2 Å². The number of amides is 2. The Labute approximate surface area is 159 Å². The first-order valence-electron chi connectivity index (χ1n) is 8.22. The van der Waals surface area contributed by atoms with E-state index in [-0.39, 0.29) is 12.4 Å². The first kappa shape index (κ1) is 21.2. The zero-order valence-corrected chi connectivity index (χ0v) is 15.5. The molecule has 0 radical (unpaired) electrons. The molecule has 1 aliphatic heterocycles. The summed E-state index contributed by atoms with van der Waals surface area (Å²) in [5.41, 5.74) is -0.0231. The van der Waals surface area contributed by atoms with Gasteiger partial charge < -0.3 is 20.7 Å². The van der Waals surface area contributed by atoms with E-state index in [4.69, 9.17) is 0 Å². The van der Waals surface area contributed by atoms with Crippen LogP contribution in [-0.4, -0.2) is 41.5 Å². The largest absolute Gasteiger partial charge is 0.468 e. The molecule has 0 aromatic carbocycles. The maximum atomic E-state index is 12.7. The van der Waals surface area contributed by atoms with Crippen LogP contribution < -0.4 is 20.7 Å². The first-order valence-corrected chi connectivity index (χ1v) is 8.22. The van der Waals surface area contributed by atoms with Crippen LogP contribution >= 0.6 is 0 Å². The number of hydrogen-bond donors (Lipinski definition) is 3. The highest BCUT2D eigenvalue weighted by atomic mass is 19.4. The van der Waals surface area contributed by atoms with Crippen LogP contribution in [0.15, 0.2) is 29.2 Å². The van der Waals surface area contributed by atoms with Crippen molar-refractivity contribution in [2.75, 3.05) is 6.61 Å². The lowest BCUT2D eigenvalue weighted by Gasteiger charge is -2.33. The number of carbonyl (C=O) groups excluding carboxylic acids is 2. The Bertz CT molecular complexity index is 819. The lowest BCUT2D eigenvalue weighted by Crippen LogP contribution is -2.68. The molecule has 2 amide bonds. The van der Waals surface area contributed by atoms with Crippen molar-refractivity contribution in [2.24, 2.45) is 4.99 Å². The minimum atomic E-state index is -4.46. The quantitative estimate of drug-likeness (QED) is 0.669. The molecule has 8 nitrogen and oxygen atoms in total. The number of alkyl halides is 3. The van der Waals surface area contributed by atoms with Crippen molar-refractivity contribution in [3.8, 4) is 5.88 Å². The molecule has 3 N–H and O–H groups in total. The lowest BCUT2D eigenvalue weighted by atomic mass is 10.1. The zero-order valence-electron chi connectivity index (χ0n) is 15.5. The lowest BCUT2D eigenvalue weighted by molar-refractivity contribution is -0.154. The second-order valence-electron chi connectivity index (χ2n) is 6.26. The Balaban J connectivity index is 2.05. The van der Waals surface area contributed by atoms with Crippen LogP contribution in [0.3, 0.4) is 0 Å². The predicted octanol–water partition coefficient (Wildman–Crippen LogP) is 1.32. The Morgan fingerprint density at radius 2 is 2.04 bits per heavy atom. The predicted molar refractivity (Wildman–Crippen MR) is 94.3 cm³/mol. The van der Waals surface area contributed by atoms with E-state index in [0.717, 1.165) is 0 Å². The van der Waals surface area contributed by atoms with Crippen LogP contribution in [0.4, 0.5) is 13.2 Å². The van der Waals surface area contributed by atoms with Crippen molar-refractivity contribution in [2.45, 2.75) is 39.2 Å². The fraction of sp³-hybridized carbons (Fsp3) is 0.412. The Kier molecular flexibility index (Phi) is 6.26. The average Bonchev–Trinajstić information content (AvgIpc) is 2.57. The maximum absolute atomic E-state index is 12.7. The smallest absolute Gasteiger partial charge is 0.422 e. The molecule has 28 heavy (non-hydrogen) atoms.